The third-order valence-electron chi connectivity index (χ3n) is 3.36. The van der Waals surface area contributed by atoms with Crippen LogP contribution >= 0.6 is 0 Å². The number of allylic oxidation sites excluding steroid dienone is 1. The molecular weight excluding hydrogens is 268 g/mol. The van der Waals surface area contributed by atoms with E-state index in [9.17, 15) is 0 Å². The van der Waals surface area contributed by atoms with Gasteiger partial charge in [-0.15, -0.1) is 0 Å². The molecule has 4 heteroatoms. The summed E-state index contributed by atoms with van der Waals surface area (Å²) in [6.07, 6.45) is 7.13. The molecule has 0 unspecified atom stereocenters. The zero-order valence-electron chi connectivity index (χ0n) is 14.0. The van der Waals surface area contributed by atoms with Gasteiger partial charge in [0, 0.05) is 25.9 Å². The van der Waals surface area contributed by atoms with Crippen LogP contribution in [-0.2, 0) is 13.3 Å². The summed E-state index contributed by atoms with van der Waals surface area (Å²) in [5.41, 5.74) is 1.37. The first-order chi connectivity index (χ1) is 9.64. The lowest BCUT2D eigenvalue weighted by Crippen LogP contribution is -2.45. The summed E-state index contributed by atoms with van der Waals surface area (Å²) in [4.78, 5) is 0. The van der Waals surface area contributed by atoms with Gasteiger partial charge in [-0.2, -0.15) is 0 Å². The normalized spacial score (nSPS) is 11.8. The summed E-state index contributed by atoms with van der Waals surface area (Å²) in [5, 5.41) is 0. The first-order valence-electron chi connectivity index (χ1n) is 8.22. The fraction of sp³-hybridized carbons (Fsp3) is 0.875. The van der Waals surface area contributed by atoms with Crippen LogP contribution in [0.2, 0.25) is 6.04 Å². The van der Waals surface area contributed by atoms with E-state index in [-0.39, 0.29) is 0 Å². The summed E-state index contributed by atoms with van der Waals surface area (Å²) in [5.74, 6) is 0. The summed E-state index contributed by atoms with van der Waals surface area (Å²) >= 11 is 0. The van der Waals surface area contributed by atoms with Crippen LogP contribution in [-0.4, -0.2) is 28.6 Å². The van der Waals surface area contributed by atoms with Gasteiger partial charge in [-0.3, -0.25) is 0 Å². The van der Waals surface area contributed by atoms with E-state index in [0.29, 0.717) is 19.8 Å². The Bertz CT molecular complexity index is 227. The molecule has 0 bridgehead atoms. The molecule has 0 aliphatic rings. The van der Waals surface area contributed by atoms with E-state index >= 15 is 0 Å². The lowest BCUT2D eigenvalue weighted by molar-refractivity contribution is 0.0706. The van der Waals surface area contributed by atoms with E-state index in [1.54, 1.807) is 0 Å². The largest absolute Gasteiger partial charge is 0.500 e. The Morgan fingerprint density at radius 2 is 1.30 bits per heavy atom. The lowest BCUT2D eigenvalue weighted by Gasteiger charge is -2.28. The van der Waals surface area contributed by atoms with Crippen molar-refractivity contribution < 1.29 is 13.3 Å². The van der Waals surface area contributed by atoms with E-state index in [2.05, 4.69) is 13.5 Å². The Morgan fingerprint density at radius 1 is 0.800 bits per heavy atom. The summed E-state index contributed by atoms with van der Waals surface area (Å²) < 4.78 is 17.6. The molecule has 0 saturated carbocycles. The molecule has 0 aromatic rings. The SMILES string of the molecule is C=C(CC)CCCCCC[Si](OCC)(OCC)OCC. The zero-order chi connectivity index (χ0) is 15.3. The lowest BCUT2D eigenvalue weighted by atomic mass is 10.1. The van der Waals surface area contributed by atoms with Crippen molar-refractivity contribution in [3.05, 3.63) is 12.2 Å². The number of hydrogen-bond donors (Lipinski definition) is 0. The Kier molecular flexibility index (Phi) is 12.5. The van der Waals surface area contributed by atoms with Gasteiger partial charge in [0.1, 0.15) is 0 Å². The fourth-order valence-electron chi connectivity index (χ4n) is 2.25. The maximum atomic E-state index is 5.85. The Balaban J connectivity index is 3.97. The van der Waals surface area contributed by atoms with Crippen molar-refractivity contribution in [2.24, 2.45) is 0 Å². The van der Waals surface area contributed by atoms with Gasteiger partial charge in [0.15, 0.2) is 0 Å². The first kappa shape index (κ1) is 19.8. The molecular formula is C16H34O3Si. The quantitative estimate of drug-likeness (QED) is 0.258. The van der Waals surface area contributed by atoms with Gasteiger partial charge in [-0.25, -0.2) is 0 Å². The molecule has 0 aromatic carbocycles. The highest BCUT2D eigenvalue weighted by Gasteiger charge is 2.39. The van der Waals surface area contributed by atoms with Crippen molar-refractivity contribution in [3.63, 3.8) is 0 Å². The van der Waals surface area contributed by atoms with Crippen LogP contribution in [0.1, 0.15) is 66.2 Å². The van der Waals surface area contributed by atoms with Crippen LogP contribution in [0.4, 0.5) is 0 Å². The smallest absolute Gasteiger partial charge is 0.374 e. The molecule has 0 rings (SSSR count). The molecule has 0 aliphatic heterocycles. The van der Waals surface area contributed by atoms with Gasteiger partial charge < -0.3 is 13.3 Å². The first-order valence-corrected chi connectivity index (χ1v) is 10.2. The highest BCUT2D eigenvalue weighted by Crippen LogP contribution is 2.21. The summed E-state index contributed by atoms with van der Waals surface area (Å²) in [6, 6.07) is 0.942. The second-order valence-corrected chi connectivity index (χ2v) is 7.73. The molecule has 0 aromatic heterocycles. The van der Waals surface area contributed by atoms with E-state index in [1.165, 1.54) is 31.3 Å². The van der Waals surface area contributed by atoms with Crippen molar-refractivity contribution in [1.29, 1.82) is 0 Å². The van der Waals surface area contributed by atoms with Crippen LogP contribution < -0.4 is 0 Å². The van der Waals surface area contributed by atoms with Crippen molar-refractivity contribution in [2.75, 3.05) is 19.8 Å². The van der Waals surface area contributed by atoms with E-state index in [1.807, 2.05) is 20.8 Å². The third kappa shape index (κ3) is 8.90. The van der Waals surface area contributed by atoms with Gasteiger partial charge in [-0.05, 0) is 46.5 Å². The van der Waals surface area contributed by atoms with Gasteiger partial charge in [0.25, 0.3) is 0 Å². The maximum absolute atomic E-state index is 5.85. The predicted octanol–water partition coefficient (Wildman–Crippen LogP) is 4.95. The van der Waals surface area contributed by atoms with Crippen molar-refractivity contribution in [3.8, 4) is 0 Å². The van der Waals surface area contributed by atoms with Gasteiger partial charge >= 0.3 is 8.80 Å². The molecule has 0 fully saturated rings. The molecule has 0 spiro atoms. The monoisotopic (exact) mass is 302 g/mol. The van der Waals surface area contributed by atoms with Crippen molar-refractivity contribution in [2.45, 2.75) is 72.3 Å². The Hall–Kier alpha value is -0.163. The standard InChI is InChI=1S/C16H34O3Si/c1-6-16(5)14-12-10-11-13-15-20(17-7-2,18-8-3)19-9-4/h5-15H2,1-4H3. The average molecular weight is 303 g/mol. The molecule has 0 radical (unpaired) electrons. The van der Waals surface area contributed by atoms with Crippen LogP contribution in [0, 0.1) is 0 Å². The zero-order valence-corrected chi connectivity index (χ0v) is 15.0. The van der Waals surface area contributed by atoms with E-state index in [0.717, 1.165) is 18.9 Å². The summed E-state index contributed by atoms with van der Waals surface area (Å²) in [6.45, 7) is 14.3. The van der Waals surface area contributed by atoms with Crippen LogP contribution in [0.15, 0.2) is 12.2 Å². The second kappa shape index (κ2) is 12.6. The predicted molar refractivity (Wildman–Crippen MR) is 88.0 cm³/mol. The Morgan fingerprint density at radius 3 is 1.75 bits per heavy atom. The highest BCUT2D eigenvalue weighted by atomic mass is 28.4. The molecule has 3 nitrogen and oxygen atoms in total. The highest BCUT2D eigenvalue weighted by molar-refractivity contribution is 6.60. The van der Waals surface area contributed by atoms with Gasteiger partial charge in [0.05, 0.1) is 0 Å². The third-order valence-corrected chi connectivity index (χ3v) is 6.51. The van der Waals surface area contributed by atoms with Crippen LogP contribution in [0.5, 0.6) is 0 Å². The fourth-order valence-corrected chi connectivity index (χ4v) is 4.93. The molecule has 0 saturated heterocycles. The van der Waals surface area contributed by atoms with E-state index < -0.39 is 8.80 Å². The second-order valence-electron chi connectivity index (χ2n) is 5.00. The van der Waals surface area contributed by atoms with Gasteiger partial charge in [-0.1, -0.05) is 31.9 Å². The molecule has 0 N–H and O–H groups in total. The number of unbranched alkanes of at least 4 members (excludes halogenated alkanes) is 3. The number of hydrogen-bond acceptors (Lipinski definition) is 3. The van der Waals surface area contributed by atoms with Crippen molar-refractivity contribution in [1.82, 2.24) is 0 Å². The topological polar surface area (TPSA) is 27.7 Å². The van der Waals surface area contributed by atoms with Crippen LogP contribution in [0.25, 0.3) is 0 Å². The molecule has 120 valence electrons. The van der Waals surface area contributed by atoms with Crippen molar-refractivity contribution >= 4 is 8.80 Å². The maximum Gasteiger partial charge on any atom is 0.500 e. The van der Waals surface area contributed by atoms with Gasteiger partial charge in [0.2, 0.25) is 0 Å². The minimum atomic E-state index is -2.40. The summed E-state index contributed by atoms with van der Waals surface area (Å²) in [7, 11) is -2.40. The minimum absolute atomic E-state index is 0.669. The molecule has 20 heavy (non-hydrogen) atoms. The molecule has 0 atom stereocenters. The van der Waals surface area contributed by atoms with E-state index in [4.69, 9.17) is 13.3 Å². The molecule has 0 amide bonds. The molecule has 0 heterocycles. The minimum Gasteiger partial charge on any atom is -0.374 e. The molecule has 0 aliphatic carbocycles. The number of rotatable bonds is 14. The Labute approximate surface area is 127 Å². The average Bonchev–Trinajstić information content (AvgIpc) is 2.43. The van der Waals surface area contributed by atoms with Crippen LogP contribution in [0.3, 0.4) is 0 Å².